The van der Waals surface area contributed by atoms with Crippen molar-refractivity contribution in [1.82, 2.24) is 9.97 Å². The molecule has 2 aromatic carbocycles. The average molecular weight is 236 g/mol. The van der Waals surface area contributed by atoms with E-state index in [0.29, 0.717) is 5.39 Å². The lowest BCUT2D eigenvalue weighted by Gasteiger charge is -2.03. The molecular formula is C15H12N2O. The molecule has 0 fully saturated rings. The Morgan fingerprint density at radius 2 is 1.72 bits per heavy atom. The zero-order valence-electron chi connectivity index (χ0n) is 9.97. The van der Waals surface area contributed by atoms with Crippen molar-refractivity contribution in [3.05, 3.63) is 64.7 Å². The van der Waals surface area contributed by atoms with Crippen LogP contribution in [-0.4, -0.2) is 9.97 Å². The highest BCUT2D eigenvalue weighted by Gasteiger charge is 2.02. The summed E-state index contributed by atoms with van der Waals surface area (Å²) in [4.78, 5) is 18.3. The molecule has 0 aliphatic heterocycles. The van der Waals surface area contributed by atoms with E-state index in [2.05, 4.69) is 41.2 Å². The molecule has 18 heavy (non-hydrogen) atoms. The van der Waals surface area contributed by atoms with Crippen molar-refractivity contribution in [2.24, 2.45) is 0 Å². The van der Waals surface area contributed by atoms with Crippen molar-refractivity contribution in [2.45, 2.75) is 6.92 Å². The summed E-state index contributed by atoms with van der Waals surface area (Å²) in [7, 11) is 0. The van der Waals surface area contributed by atoms with Crippen molar-refractivity contribution in [2.75, 3.05) is 0 Å². The van der Waals surface area contributed by atoms with E-state index >= 15 is 0 Å². The number of aromatic amines is 1. The Morgan fingerprint density at radius 1 is 1.00 bits per heavy atom. The standard InChI is InChI=1S/C15H12N2O/c1-10-2-4-11(5-3-10)12-6-7-13-14(8-12)16-9-17-15(13)18/h2-9H,1H3,(H,16,17,18). The quantitative estimate of drug-likeness (QED) is 0.706. The molecule has 0 saturated carbocycles. The number of benzene rings is 2. The molecule has 0 aliphatic carbocycles. The smallest absolute Gasteiger partial charge is 0.258 e. The van der Waals surface area contributed by atoms with Gasteiger partial charge >= 0.3 is 0 Å². The van der Waals surface area contributed by atoms with Gasteiger partial charge in [0.2, 0.25) is 0 Å². The summed E-state index contributed by atoms with van der Waals surface area (Å²) in [5.74, 6) is 0. The SMILES string of the molecule is Cc1ccc(-c2ccc3c(=O)[nH]cnc3c2)cc1. The number of nitrogens with zero attached hydrogens (tertiary/aromatic N) is 1. The lowest BCUT2D eigenvalue weighted by Crippen LogP contribution is -2.05. The van der Waals surface area contributed by atoms with Crippen LogP contribution in [0.2, 0.25) is 0 Å². The van der Waals surface area contributed by atoms with Gasteiger partial charge in [0.25, 0.3) is 5.56 Å². The Morgan fingerprint density at radius 3 is 2.50 bits per heavy atom. The van der Waals surface area contributed by atoms with E-state index in [-0.39, 0.29) is 5.56 Å². The lowest BCUT2D eigenvalue weighted by atomic mass is 10.0. The zero-order chi connectivity index (χ0) is 12.5. The van der Waals surface area contributed by atoms with Crippen LogP contribution in [-0.2, 0) is 0 Å². The lowest BCUT2D eigenvalue weighted by molar-refractivity contribution is 1.17. The van der Waals surface area contributed by atoms with Crippen molar-refractivity contribution >= 4 is 10.9 Å². The van der Waals surface area contributed by atoms with Crippen LogP contribution in [0.15, 0.2) is 53.6 Å². The number of aromatic nitrogens is 2. The fourth-order valence-electron chi connectivity index (χ4n) is 1.99. The van der Waals surface area contributed by atoms with Gasteiger partial charge in [-0.15, -0.1) is 0 Å². The number of hydrogen-bond acceptors (Lipinski definition) is 2. The van der Waals surface area contributed by atoms with Crippen LogP contribution in [0.1, 0.15) is 5.56 Å². The maximum absolute atomic E-state index is 11.6. The Hall–Kier alpha value is -2.42. The van der Waals surface area contributed by atoms with Gasteiger partial charge < -0.3 is 4.98 Å². The number of H-pyrrole nitrogens is 1. The third-order valence-electron chi connectivity index (χ3n) is 3.03. The molecule has 3 heteroatoms. The summed E-state index contributed by atoms with van der Waals surface area (Å²) in [6.45, 7) is 2.06. The van der Waals surface area contributed by atoms with Crippen LogP contribution in [0, 0.1) is 6.92 Å². The monoisotopic (exact) mass is 236 g/mol. The molecule has 0 radical (unpaired) electrons. The first-order valence-corrected chi connectivity index (χ1v) is 5.78. The molecule has 0 unspecified atom stereocenters. The van der Waals surface area contributed by atoms with Gasteiger partial charge in [0, 0.05) is 0 Å². The van der Waals surface area contributed by atoms with Gasteiger partial charge in [-0.25, -0.2) is 4.98 Å². The summed E-state index contributed by atoms with van der Waals surface area (Å²) < 4.78 is 0. The fourth-order valence-corrected chi connectivity index (χ4v) is 1.99. The Bertz CT molecular complexity index is 757. The number of nitrogens with one attached hydrogen (secondary N) is 1. The normalized spacial score (nSPS) is 10.7. The molecule has 0 bridgehead atoms. The highest BCUT2D eigenvalue weighted by Crippen LogP contribution is 2.22. The minimum Gasteiger partial charge on any atom is -0.313 e. The van der Waals surface area contributed by atoms with Crippen LogP contribution >= 0.6 is 0 Å². The third kappa shape index (κ3) is 1.80. The predicted octanol–water partition coefficient (Wildman–Crippen LogP) is 2.90. The Kier molecular flexibility index (Phi) is 2.45. The molecule has 0 saturated heterocycles. The van der Waals surface area contributed by atoms with Crippen LogP contribution in [0.25, 0.3) is 22.0 Å². The highest BCUT2D eigenvalue weighted by atomic mass is 16.1. The molecule has 3 aromatic rings. The summed E-state index contributed by atoms with van der Waals surface area (Å²) >= 11 is 0. The Balaban J connectivity index is 2.19. The second-order valence-electron chi connectivity index (χ2n) is 4.33. The van der Waals surface area contributed by atoms with E-state index in [9.17, 15) is 4.79 Å². The van der Waals surface area contributed by atoms with Gasteiger partial charge in [0.15, 0.2) is 0 Å². The van der Waals surface area contributed by atoms with E-state index in [1.54, 1.807) is 0 Å². The van der Waals surface area contributed by atoms with E-state index < -0.39 is 0 Å². The van der Waals surface area contributed by atoms with Crippen molar-refractivity contribution in [3.8, 4) is 11.1 Å². The first-order valence-electron chi connectivity index (χ1n) is 5.78. The largest absolute Gasteiger partial charge is 0.313 e. The average Bonchev–Trinajstić information content (AvgIpc) is 2.39. The number of fused-ring (bicyclic) bond motifs is 1. The molecule has 88 valence electrons. The zero-order valence-corrected chi connectivity index (χ0v) is 9.97. The summed E-state index contributed by atoms with van der Waals surface area (Å²) in [5.41, 5.74) is 4.05. The van der Waals surface area contributed by atoms with Crippen molar-refractivity contribution in [3.63, 3.8) is 0 Å². The van der Waals surface area contributed by atoms with Crippen molar-refractivity contribution < 1.29 is 0 Å². The van der Waals surface area contributed by atoms with Gasteiger partial charge in [-0.05, 0) is 30.2 Å². The summed E-state index contributed by atoms with van der Waals surface area (Å²) in [6.07, 6.45) is 1.43. The molecule has 3 nitrogen and oxygen atoms in total. The van der Waals surface area contributed by atoms with Crippen LogP contribution in [0.5, 0.6) is 0 Å². The van der Waals surface area contributed by atoms with Crippen LogP contribution in [0.4, 0.5) is 0 Å². The topological polar surface area (TPSA) is 45.8 Å². The molecule has 0 atom stereocenters. The van der Waals surface area contributed by atoms with Crippen LogP contribution < -0.4 is 5.56 Å². The fraction of sp³-hybridized carbons (Fsp3) is 0.0667. The van der Waals surface area contributed by atoms with Gasteiger partial charge in [-0.2, -0.15) is 0 Å². The van der Waals surface area contributed by atoms with E-state index in [0.717, 1.165) is 16.6 Å². The number of hydrogen-bond donors (Lipinski definition) is 1. The van der Waals surface area contributed by atoms with Gasteiger partial charge in [0.05, 0.1) is 17.2 Å². The maximum atomic E-state index is 11.6. The van der Waals surface area contributed by atoms with Crippen molar-refractivity contribution in [1.29, 1.82) is 0 Å². The molecule has 0 aliphatic rings. The molecule has 0 spiro atoms. The molecule has 0 amide bonds. The summed E-state index contributed by atoms with van der Waals surface area (Å²) in [6, 6.07) is 14.0. The molecule has 1 aromatic heterocycles. The van der Waals surface area contributed by atoms with Crippen LogP contribution in [0.3, 0.4) is 0 Å². The second kappa shape index (κ2) is 4.11. The Labute approximate surface area is 104 Å². The minimum absolute atomic E-state index is 0.101. The molecule has 1 N–H and O–H groups in total. The molecule has 3 rings (SSSR count). The highest BCUT2D eigenvalue weighted by molar-refractivity contribution is 5.83. The third-order valence-corrected chi connectivity index (χ3v) is 3.03. The van der Waals surface area contributed by atoms with Gasteiger partial charge in [-0.1, -0.05) is 35.9 Å². The minimum atomic E-state index is -0.101. The second-order valence-corrected chi connectivity index (χ2v) is 4.33. The first-order chi connectivity index (χ1) is 8.74. The maximum Gasteiger partial charge on any atom is 0.258 e. The van der Waals surface area contributed by atoms with E-state index in [4.69, 9.17) is 0 Å². The first kappa shape index (κ1) is 10.7. The molecular weight excluding hydrogens is 224 g/mol. The van der Waals surface area contributed by atoms with E-state index in [1.807, 2.05) is 18.2 Å². The van der Waals surface area contributed by atoms with E-state index in [1.165, 1.54) is 11.9 Å². The molecule has 1 heterocycles. The number of aryl methyl sites for hydroxylation is 1. The summed E-state index contributed by atoms with van der Waals surface area (Å²) in [5, 5.41) is 0.619. The predicted molar refractivity (Wildman–Crippen MR) is 72.5 cm³/mol. The van der Waals surface area contributed by atoms with Gasteiger partial charge in [0.1, 0.15) is 0 Å². The number of rotatable bonds is 1. The van der Waals surface area contributed by atoms with Gasteiger partial charge in [-0.3, -0.25) is 4.79 Å².